The fourth-order valence-electron chi connectivity index (χ4n) is 1.56. The molecule has 0 bridgehead atoms. The van der Waals surface area contributed by atoms with Gasteiger partial charge >= 0.3 is 0 Å². The molecule has 0 spiro atoms. The Labute approximate surface area is 96.7 Å². The number of hydrogen-bond donors (Lipinski definition) is 2. The SMILES string of the molecule is COCCCC(N)C(=O)NCC1(C)COC1. The predicted molar refractivity (Wildman–Crippen MR) is 61.0 cm³/mol. The zero-order chi connectivity index (χ0) is 12.0. The van der Waals surface area contributed by atoms with Gasteiger partial charge in [-0.3, -0.25) is 4.79 Å². The zero-order valence-electron chi connectivity index (χ0n) is 10.1. The third-order valence-corrected chi connectivity index (χ3v) is 2.79. The summed E-state index contributed by atoms with van der Waals surface area (Å²) in [6.45, 7) is 4.81. The summed E-state index contributed by atoms with van der Waals surface area (Å²) in [7, 11) is 1.64. The number of ether oxygens (including phenoxy) is 2. The third kappa shape index (κ3) is 4.08. The van der Waals surface area contributed by atoms with E-state index in [0.29, 0.717) is 32.8 Å². The zero-order valence-corrected chi connectivity index (χ0v) is 10.1. The molecular weight excluding hydrogens is 208 g/mol. The smallest absolute Gasteiger partial charge is 0.236 e. The number of nitrogens with one attached hydrogen (secondary N) is 1. The van der Waals surface area contributed by atoms with Crippen molar-refractivity contribution in [3.05, 3.63) is 0 Å². The van der Waals surface area contributed by atoms with E-state index in [9.17, 15) is 4.79 Å². The van der Waals surface area contributed by atoms with Gasteiger partial charge in [-0.25, -0.2) is 0 Å². The third-order valence-electron chi connectivity index (χ3n) is 2.79. The molecule has 0 aromatic rings. The maximum absolute atomic E-state index is 11.6. The Morgan fingerprint density at radius 1 is 1.62 bits per heavy atom. The highest BCUT2D eigenvalue weighted by Gasteiger charge is 2.33. The second-order valence-corrected chi connectivity index (χ2v) is 4.76. The molecule has 1 heterocycles. The number of amides is 1. The van der Waals surface area contributed by atoms with Crippen LogP contribution in [0, 0.1) is 5.41 Å². The van der Waals surface area contributed by atoms with Crippen LogP contribution in [-0.4, -0.2) is 45.4 Å². The van der Waals surface area contributed by atoms with E-state index in [-0.39, 0.29) is 11.3 Å². The van der Waals surface area contributed by atoms with E-state index in [1.807, 2.05) is 0 Å². The molecule has 1 aliphatic rings. The Balaban J connectivity index is 2.13. The van der Waals surface area contributed by atoms with Crippen LogP contribution in [0.4, 0.5) is 0 Å². The molecule has 0 saturated carbocycles. The number of hydrogen-bond acceptors (Lipinski definition) is 4. The Morgan fingerprint density at radius 3 is 2.81 bits per heavy atom. The average Bonchev–Trinajstić information content (AvgIpc) is 2.23. The number of rotatable bonds is 7. The van der Waals surface area contributed by atoms with Crippen LogP contribution in [0.1, 0.15) is 19.8 Å². The summed E-state index contributed by atoms with van der Waals surface area (Å²) in [5.41, 5.74) is 5.85. The summed E-state index contributed by atoms with van der Waals surface area (Å²) in [5, 5.41) is 2.87. The van der Waals surface area contributed by atoms with Gasteiger partial charge in [0, 0.05) is 25.7 Å². The van der Waals surface area contributed by atoms with Crippen molar-refractivity contribution >= 4 is 5.91 Å². The van der Waals surface area contributed by atoms with Crippen LogP contribution in [0.5, 0.6) is 0 Å². The Kier molecular flexibility index (Phi) is 5.18. The van der Waals surface area contributed by atoms with Gasteiger partial charge in [0.2, 0.25) is 5.91 Å². The van der Waals surface area contributed by atoms with Gasteiger partial charge in [0.15, 0.2) is 0 Å². The van der Waals surface area contributed by atoms with Gasteiger partial charge in [0.25, 0.3) is 0 Å². The molecule has 1 aliphatic heterocycles. The molecule has 1 amide bonds. The standard InChI is InChI=1S/C11H22N2O3/c1-11(7-16-8-11)6-13-10(14)9(12)4-3-5-15-2/h9H,3-8,12H2,1-2H3,(H,13,14). The topological polar surface area (TPSA) is 73.6 Å². The van der Waals surface area contributed by atoms with Crippen molar-refractivity contribution in [2.24, 2.45) is 11.1 Å². The van der Waals surface area contributed by atoms with Gasteiger partial charge < -0.3 is 20.5 Å². The summed E-state index contributed by atoms with van der Waals surface area (Å²) in [6.07, 6.45) is 1.47. The molecule has 5 nitrogen and oxygen atoms in total. The molecule has 0 aromatic heterocycles. The highest BCUT2D eigenvalue weighted by atomic mass is 16.5. The maximum Gasteiger partial charge on any atom is 0.236 e. The highest BCUT2D eigenvalue weighted by molar-refractivity contribution is 5.81. The molecule has 1 fully saturated rings. The highest BCUT2D eigenvalue weighted by Crippen LogP contribution is 2.24. The Hall–Kier alpha value is -0.650. The molecular formula is C11H22N2O3. The van der Waals surface area contributed by atoms with E-state index < -0.39 is 6.04 Å². The molecule has 94 valence electrons. The van der Waals surface area contributed by atoms with E-state index >= 15 is 0 Å². The first-order chi connectivity index (χ1) is 7.57. The van der Waals surface area contributed by atoms with Crippen molar-refractivity contribution in [2.45, 2.75) is 25.8 Å². The van der Waals surface area contributed by atoms with Crippen LogP contribution in [0.3, 0.4) is 0 Å². The monoisotopic (exact) mass is 230 g/mol. The van der Waals surface area contributed by atoms with Crippen LogP contribution in [0.15, 0.2) is 0 Å². The fraction of sp³-hybridized carbons (Fsp3) is 0.909. The van der Waals surface area contributed by atoms with Crippen molar-refractivity contribution in [1.82, 2.24) is 5.32 Å². The lowest BCUT2D eigenvalue weighted by Gasteiger charge is -2.38. The minimum Gasteiger partial charge on any atom is -0.385 e. The summed E-state index contributed by atoms with van der Waals surface area (Å²) in [5.74, 6) is -0.0794. The molecule has 1 saturated heterocycles. The minimum atomic E-state index is -0.431. The summed E-state index contributed by atoms with van der Waals surface area (Å²) in [6, 6.07) is -0.431. The van der Waals surface area contributed by atoms with Gasteiger partial charge in [-0.15, -0.1) is 0 Å². The van der Waals surface area contributed by atoms with Crippen molar-refractivity contribution in [1.29, 1.82) is 0 Å². The lowest BCUT2D eigenvalue weighted by molar-refractivity contribution is -0.128. The largest absolute Gasteiger partial charge is 0.385 e. The molecule has 1 rings (SSSR count). The first kappa shape index (κ1) is 13.4. The van der Waals surface area contributed by atoms with Crippen LogP contribution in [-0.2, 0) is 14.3 Å². The van der Waals surface area contributed by atoms with E-state index in [4.69, 9.17) is 15.2 Å². The van der Waals surface area contributed by atoms with Gasteiger partial charge in [-0.2, -0.15) is 0 Å². The molecule has 3 N–H and O–H groups in total. The molecule has 1 unspecified atom stereocenters. The summed E-state index contributed by atoms with van der Waals surface area (Å²) < 4.78 is 10.0. The fourth-order valence-corrected chi connectivity index (χ4v) is 1.56. The quantitative estimate of drug-likeness (QED) is 0.599. The Morgan fingerprint density at radius 2 is 2.31 bits per heavy atom. The number of nitrogens with two attached hydrogens (primary N) is 1. The molecule has 0 aromatic carbocycles. The maximum atomic E-state index is 11.6. The Bertz CT molecular complexity index is 229. The molecule has 16 heavy (non-hydrogen) atoms. The van der Waals surface area contributed by atoms with Gasteiger partial charge in [0.1, 0.15) is 0 Å². The molecule has 0 aliphatic carbocycles. The number of carbonyl (C=O) groups is 1. The van der Waals surface area contributed by atoms with E-state index in [2.05, 4.69) is 12.2 Å². The van der Waals surface area contributed by atoms with Crippen LogP contribution in [0.2, 0.25) is 0 Å². The second-order valence-electron chi connectivity index (χ2n) is 4.76. The van der Waals surface area contributed by atoms with Gasteiger partial charge in [0.05, 0.1) is 19.3 Å². The summed E-state index contributed by atoms with van der Waals surface area (Å²) >= 11 is 0. The minimum absolute atomic E-state index is 0.0794. The van der Waals surface area contributed by atoms with Crippen LogP contribution in [0.25, 0.3) is 0 Å². The summed E-state index contributed by atoms with van der Waals surface area (Å²) in [4.78, 5) is 11.6. The molecule has 0 radical (unpaired) electrons. The first-order valence-corrected chi connectivity index (χ1v) is 5.67. The van der Waals surface area contributed by atoms with Crippen LogP contribution >= 0.6 is 0 Å². The van der Waals surface area contributed by atoms with Crippen molar-refractivity contribution < 1.29 is 14.3 Å². The normalized spacial score (nSPS) is 19.9. The van der Waals surface area contributed by atoms with Gasteiger partial charge in [-0.1, -0.05) is 6.92 Å². The van der Waals surface area contributed by atoms with Gasteiger partial charge in [-0.05, 0) is 12.8 Å². The van der Waals surface area contributed by atoms with Crippen molar-refractivity contribution in [3.63, 3.8) is 0 Å². The van der Waals surface area contributed by atoms with E-state index in [0.717, 1.165) is 6.42 Å². The first-order valence-electron chi connectivity index (χ1n) is 5.67. The lowest BCUT2D eigenvalue weighted by Crippen LogP contribution is -2.51. The van der Waals surface area contributed by atoms with Crippen LogP contribution < -0.4 is 11.1 Å². The van der Waals surface area contributed by atoms with E-state index in [1.165, 1.54) is 0 Å². The molecule has 5 heteroatoms. The number of carbonyl (C=O) groups excluding carboxylic acids is 1. The second kappa shape index (κ2) is 6.18. The predicted octanol–water partition coefficient (Wildman–Crippen LogP) is -0.107. The van der Waals surface area contributed by atoms with Crippen molar-refractivity contribution in [2.75, 3.05) is 33.5 Å². The van der Waals surface area contributed by atoms with Crippen molar-refractivity contribution in [3.8, 4) is 0 Å². The lowest BCUT2D eigenvalue weighted by atomic mass is 9.88. The average molecular weight is 230 g/mol. The number of methoxy groups -OCH3 is 1. The van der Waals surface area contributed by atoms with E-state index in [1.54, 1.807) is 7.11 Å². The molecule has 1 atom stereocenters.